The summed E-state index contributed by atoms with van der Waals surface area (Å²) in [5.41, 5.74) is 1.28. The Bertz CT molecular complexity index is 2790. The summed E-state index contributed by atoms with van der Waals surface area (Å²) in [6.45, 7) is 11.3. The van der Waals surface area contributed by atoms with Gasteiger partial charge in [-0.2, -0.15) is 0 Å². The normalized spacial score (nSPS) is 31.0. The second-order valence-corrected chi connectivity index (χ2v) is 20.9. The van der Waals surface area contributed by atoms with Crippen molar-refractivity contribution in [1.29, 1.82) is 0 Å². The Labute approximate surface area is 520 Å². The first kappa shape index (κ1) is 73.6. The van der Waals surface area contributed by atoms with E-state index in [1.165, 1.54) is 0 Å². The molecule has 4 aliphatic heterocycles. The van der Waals surface area contributed by atoms with Gasteiger partial charge in [0.25, 0.3) is 0 Å². The second kappa shape index (κ2) is 33.8. The van der Waals surface area contributed by atoms with Crippen LogP contribution in [0.2, 0.25) is 0 Å². The molecule has 4 aliphatic rings. The summed E-state index contributed by atoms with van der Waals surface area (Å²) >= 11 is 0. The number of hydrogen-bond acceptors (Lipinski definition) is 34. The molecule has 4 fully saturated rings. The predicted octanol–water partition coefficient (Wildman–Crippen LogP) is 0.0998. The minimum absolute atomic E-state index is 0.411. The molecule has 20 atom stereocenters. The number of esters is 13. The number of rotatable bonds is 25. The van der Waals surface area contributed by atoms with Crippen LogP contribution in [0.3, 0.4) is 0 Å². The molecule has 0 amide bonds. The average molecular weight is 1300 g/mol. The SMILES string of the molecule is CC(=O)OCC1OC(OC2C(COC(C)=O)OC(OC3C(COC(C)=O)OC(O[C@H]4[C@H](OC(C)=O)[C@@H](OC(C)=O)[C@H](Nc5ccc(C)cc5)O[C@@H]4COC(C)=O)C(OC(C)=O)C3OC(C)=O)C(OC(C)=O)C2OC(C)=O)C(OC(C)=O)C(OC(C)=O)C1OC(C)=O. The van der Waals surface area contributed by atoms with E-state index in [2.05, 4.69) is 5.32 Å². The highest BCUT2D eigenvalue weighted by molar-refractivity contribution is 5.71. The van der Waals surface area contributed by atoms with Crippen molar-refractivity contribution in [2.45, 2.75) is 220 Å². The van der Waals surface area contributed by atoms with E-state index >= 15 is 0 Å². The fourth-order valence-corrected chi connectivity index (χ4v) is 10.0. The molecule has 34 nitrogen and oxygen atoms in total. The molecule has 0 aliphatic carbocycles. The topological polar surface area (TPSA) is 419 Å². The molecule has 15 unspecified atom stereocenters. The number of nitrogens with one attached hydrogen (secondary N) is 1. The van der Waals surface area contributed by atoms with Crippen LogP contribution >= 0.6 is 0 Å². The molecule has 1 aromatic carbocycles. The maximum atomic E-state index is 13.4. The van der Waals surface area contributed by atoms with Crippen LogP contribution < -0.4 is 5.32 Å². The summed E-state index contributed by atoms with van der Waals surface area (Å²) in [5, 5.41) is 3.07. The summed E-state index contributed by atoms with van der Waals surface area (Å²) in [6.07, 6.45) is -37.6. The summed E-state index contributed by atoms with van der Waals surface area (Å²) in [4.78, 5) is 168. The highest BCUT2D eigenvalue weighted by Crippen LogP contribution is 2.40. The van der Waals surface area contributed by atoms with Crippen LogP contribution in [0.4, 0.5) is 5.69 Å². The molecular formula is C57H75NO33. The number of carbonyl (C=O) groups is 13. The van der Waals surface area contributed by atoms with E-state index in [1.54, 1.807) is 24.3 Å². The molecule has 506 valence electrons. The highest BCUT2D eigenvalue weighted by atomic mass is 16.8. The molecule has 91 heavy (non-hydrogen) atoms. The van der Waals surface area contributed by atoms with Crippen molar-refractivity contribution < 1.29 is 157 Å². The van der Waals surface area contributed by atoms with Crippen molar-refractivity contribution in [2.24, 2.45) is 0 Å². The van der Waals surface area contributed by atoms with Gasteiger partial charge in [0.15, 0.2) is 80.0 Å². The highest BCUT2D eigenvalue weighted by Gasteiger charge is 2.62. The van der Waals surface area contributed by atoms with Crippen molar-refractivity contribution in [1.82, 2.24) is 0 Å². The van der Waals surface area contributed by atoms with Crippen LogP contribution in [0.25, 0.3) is 0 Å². The molecule has 1 aromatic rings. The first-order valence-corrected chi connectivity index (χ1v) is 28.2. The van der Waals surface area contributed by atoms with Gasteiger partial charge in [-0.3, -0.25) is 62.3 Å². The van der Waals surface area contributed by atoms with E-state index in [4.69, 9.17) is 94.7 Å². The largest absolute Gasteiger partial charge is 0.463 e. The van der Waals surface area contributed by atoms with E-state index in [0.29, 0.717) is 5.69 Å². The van der Waals surface area contributed by atoms with Gasteiger partial charge in [0.05, 0.1) is 0 Å². The average Bonchev–Trinajstić information content (AvgIpc) is 0.779. The third-order valence-electron chi connectivity index (χ3n) is 13.2. The maximum absolute atomic E-state index is 13.4. The molecule has 4 heterocycles. The van der Waals surface area contributed by atoms with E-state index in [0.717, 1.165) is 95.6 Å². The fraction of sp³-hybridized carbons (Fsp3) is 0.667. The Morgan fingerprint density at radius 2 is 0.527 bits per heavy atom. The van der Waals surface area contributed by atoms with Crippen molar-refractivity contribution in [3.05, 3.63) is 29.8 Å². The van der Waals surface area contributed by atoms with E-state index in [9.17, 15) is 62.3 Å². The van der Waals surface area contributed by atoms with Gasteiger partial charge in [0.1, 0.15) is 69.2 Å². The molecule has 0 radical (unpaired) electrons. The van der Waals surface area contributed by atoms with Gasteiger partial charge in [0.2, 0.25) is 0 Å². The van der Waals surface area contributed by atoms with Crippen LogP contribution in [-0.2, 0) is 157 Å². The van der Waals surface area contributed by atoms with Gasteiger partial charge in [-0.05, 0) is 19.1 Å². The molecule has 34 heteroatoms. The van der Waals surface area contributed by atoms with Crippen molar-refractivity contribution in [2.75, 3.05) is 31.7 Å². The van der Waals surface area contributed by atoms with Gasteiger partial charge in [0, 0.05) is 95.7 Å². The molecule has 5 rings (SSSR count). The Kier molecular flexibility index (Phi) is 27.3. The lowest BCUT2D eigenvalue weighted by atomic mass is 9.94. The number of benzene rings is 1. The van der Waals surface area contributed by atoms with Crippen LogP contribution in [0.5, 0.6) is 0 Å². The zero-order valence-corrected chi connectivity index (χ0v) is 52.2. The van der Waals surface area contributed by atoms with E-state index in [-0.39, 0.29) is 0 Å². The molecule has 0 aromatic heterocycles. The zero-order valence-electron chi connectivity index (χ0n) is 52.2. The van der Waals surface area contributed by atoms with E-state index in [1.807, 2.05) is 6.92 Å². The summed E-state index contributed by atoms with van der Waals surface area (Å²) in [7, 11) is 0. The van der Waals surface area contributed by atoms with Crippen LogP contribution in [-0.4, -0.2) is 227 Å². The zero-order chi connectivity index (χ0) is 67.7. The van der Waals surface area contributed by atoms with Crippen molar-refractivity contribution in [3.8, 4) is 0 Å². The smallest absolute Gasteiger partial charge is 0.303 e. The third kappa shape index (κ3) is 22.0. The first-order valence-electron chi connectivity index (χ1n) is 28.2. The number of ether oxygens (including phenoxy) is 20. The Balaban J connectivity index is 1.70. The first-order chi connectivity index (χ1) is 42.7. The number of anilines is 1. The lowest BCUT2D eigenvalue weighted by molar-refractivity contribution is -0.385. The van der Waals surface area contributed by atoms with Crippen LogP contribution in [0.1, 0.15) is 95.6 Å². The predicted molar refractivity (Wildman–Crippen MR) is 291 cm³/mol. The minimum Gasteiger partial charge on any atom is -0.463 e. The summed E-state index contributed by atoms with van der Waals surface area (Å²) < 4.78 is 118. The van der Waals surface area contributed by atoms with E-state index < -0.39 is 227 Å². The van der Waals surface area contributed by atoms with Crippen LogP contribution in [0, 0.1) is 6.92 Å². The number of hydrogen-bond donors (Lipinski definition) is 1. The summed E-state index contributed by atoms with van der Waals surface area (Å²) in [6, 6.07) is 6.81. The van der Waals surface area contributed by atoms with Crippen LogP contribution in [0.15, 0.2) is 24.3 Å². The Hall–Kier alpha value is -8.15. The number of aryl methyl sites for hydroxylation is 1. The molecule has 0 spiro atoms. The Morgan fingerprint density at radius 3 is 0.813 bits per heavy atom. The third-order valence-corrected chi connectivity index (χ3v) is 13.2. The maximum Gasteiger partial charge on any atom is 0.303 e. The van der Waals surface area contributed by atoms with Gasteiger partial charge < -0.3 is 100 Å². The molecule has 1 N–H and O–H groups in total. The van der Waals surface area contributed by atoms with Gasteiger partial charge in [-0.1, -0.05) is 17.7 Å². The van der Waals surface area contributed by atoms with Gasteiger partial charge >= 0.3 is 77.6 Å². The van der Waals surface area contributed by atoms with Gasteiger partial charge in [-0.15, -0.1) is 0 Å². The minimum atomic E-state index is -2.21. The molecule has 0 bridgehead atoms. The van der Waals surface area contributed by atoms with Crippen molar-refractivity contribution >= 4 is 83.3 Å². The van der Waals surface area contributed by atoms with Gasteiger partial charge in [-0.25, -0.2) is 0 Å². The molecule has 0 saturated carbocycles. The molecular weight excluding hydrogens is 1230 g/mol. The second-order valence-electron chi connectivity index (χ2n) is 20.9. The summed E-state index contributed by atoms with van der Waals surface area (Å²) in [5.74, 6) is -13.1. The lowest BCUT2D eigenvalue weighted by Gasteiger charge is -2.51. The number of carbonyl (C=O) groups excluding carboxylic acids is 13. The quantitative estimate of drug-likeness (QED) is 0.100. The van der Waals surface area contributed by atoms with Crippen molar-refractivity contribution in [3.63, 3.8) is 0 Å². The molecule has 4 saturated heterocycles. The standard InChI is InChI=1S/C57H75NO33/c1-23-15-17-37(18-16-23)58-54-50(81-33(11)68)46(77-29(7)64)43(38(85-54)19-72-24(2)59)89-56-52(83-35(13)70)48(79-31(9)66)45(40(87-56)21-74-26(4)61)91-57-53(84-36(14)71)49(80-32(10)67)44(41(88-57)22-75-27(5)62)90-55-51(82-34(12)69)47(78-30(8)65)42(76-28(6)63)39(86-55)20-73-25(3)60/h15-18,38-58H,19-22H2,1-14H3/t38-,39?,40?,41?,42?,43-,44?,45?,46+,47?,48?,49?,50-,51?,52?,53?,54-,55?,56?,57?/m1/s1. The monoisotopic (exact) mass is 1300 g/mol. The Morgan fingerprint density at radius 1 is 0.297 bits per heavy atom. The fourth-order valence-electron chi connectivity index (χ4n) is 10.0. The lowest BCUT2D eigenvalue weighted by Crippen LogP contribution is -2.69.